The molecule has 0 aliphatic carbocycles. The van der Waals surface area contributed by atoms with E-state index in [0.717, 1.165) is 4.47 Å². The Morgan fingerprint density at radius 3 is 2.38 bits per heavy atom. The lowest BCUT2D eigenvalue weighted by atomic mass is 10.2. The zero-order valence-electron chi connectivity index (χ0n) is 12.8. The monoisotopic (exact) mass is 451 g/mol. The van der Waals surface area contributed by atoms with Gasteiger partial charge in [-0.15, -0.1) is 0 Å². The molecule has 0 saturated carbocycles. The summed E-state index contributed by atoms with van der Waals surface area (Å²) < 4.78 is 1.62. The number of nitrogens with one attached hydrogen (secondary N) is 2. The van der Waals surface area contributed by atoms with Crippen LogP contribution in [-0.4, -0.2) is 17.5 Å². The number of rotatable bonds is 5. The van der Waals surface area contributed by atoms with Gasteiger partial charge in [0, 0.05) is 20.3 Å². The van der Waals surface area contributed by atoms with Gasteiger partial charge in [0.1, 0.15) is 0 Å². The summed E-state index contributed by atoms with van der Waals surface area (Å²) in [7, 11) is 0. The van der Waals surface area contributed by atoms with E-state index in [9.17, 15) is 9.59 Å². The highest BCUT2D eigenvalue weighted by atomic mass is 79.9. The van der Waals surface area contributed by atoms with Crippen LogP contribution in [0.1, 0.15) is 23.7 Å². The number of anilines is 1. The molecular weight excluding hydrogens is 438 g/mol. The molecule has 0 heterocycles. The van der Waals surface area contributed by atoms with Gasteiger partial charge in [-0.3, -0.25) is 9.59 Å². The normalized spacial score (nSPS) is 11.0. The lowest BCUT2D eigenvalue weighted by Crippen LogP contribution is -2.21. The number of benzene rings is 2. The molecule has 0 fully saturated rings. The van der Waals surface area contributed by atoms with Gasteiger partial charge in [-0.25, -0.2) is 5.43 Å². The van der Waals surface area contributed by atoms with Crippen molar-refractivity contribution in [1.82, 2.24) is 5.43 Å². The summed E-state index contributed by atoms with van der Waals surface area (Å²) in [5, 5.41) is 6.73. The fourth-order valence-electron chi connectivity index (χ4n) is 1.86. The zero-order chi connectivity index (χ0) is 17.5. The smallest absolute Gasteiger partial charge is 0.272 e. The largest absolute Gasteiger partial charge is 0.326 e. The second-order valence-corrected chi connectivity index (χ2v) is 6.77. The third-order valence-electron chi connectivity index (χ3n) is 3.01. The Balaban J connectivity index is 1.89. The van der Waals surface area contributed by atoms with E-state index in [1.807, 2.05) is 18.2 Å². The number of carbonyl (C=O) groups is 2. The van der Waals surface area contributed by atoms with Crippen molar-refractivity contribution in [2.45, 2.75) is 13.3 Å². The number of carbonyl (C=O) groups excluding carboxylic acids is 2. The summed E-state index contributed by atoms with van der Waals surface area (Å²) in [6, 6.07) is 14.3. The quantitative estimate of drug-likeness (QED) is 0.523. The van der Waals surface area contributed by atoms with Crippen LogP contribution in [0.15, 0.2) is 62.6 Å². The van der Waals surface area contributed by atoms with Crippen LogP contribution >= 0.6 is 31.9 Å². The summed E-state index contributed by atoms with van der Waals surface area (Å²) in [5.74, 6) is -0.538. The van der Waals surface area contributed by atoms with Gasteiger partial charge in [0.25, 0.3) is 5.91 Å². The second-order valence-electron chi connectivity index (χ2n) is 5.00. The van der Waals surface area contributed by atoms with Crippen molar-refractivity contribution in [2.24, 2.45) is 5.10 Å². The first-order valence-electron chi connectivity index (χ1n) is 7.09. The molecule has 0 aromatic heterocycles. The minimum Gasteiger partial charge on any atom is -0.326 e. The molecule has 0 saturated heterocycles. The van der Waals surface area contributed by atoms with Crippen molar-refractivity contribution in [3.05, 3.63) is 63.0 Å². The molecule has 2 N–H and O–H groups in total. The van der Waals surface area contributed by atoms with Gasteiger partial charge in [0.05, 0.1) is 12.0 Å². The van der Waals surface area contributed by atoms with E-state index in [1.54, 1.807) is 37.3 Å². The molecule has 0 aliphatic heterocycles. The number of nitrogens with zero attached hydrogens (tertiary/aromatic N) is 1. The summed E-state index contributed by atoms with van der Waals surface area (Å²) >= 11 is 6.64. The third-order valence-corrected chi connectivity index (χ3v) is 4.23. The summed E-state index contributed by atoms with van der Waals surface area (Å²) in [6.45, 7) is 1.68. The molecule has 2 amide bonds. The lowest BCUT2D eigenvalue weighted by molar-refractivity contribution is -0.115. The minimum atomic E-state index is -0.338. The Labute approximate surface area is 156 Å². The van der Waals surface area contributed by atoms with Crippen molar-refractivity contribution in [2.75, 3.05) is 5.32 Å². The fraction of sp³-hybridized carbons (Fsp3) is 0.118. The maximum absolute atomic E-state index is 12.0. The molecule has 2 aromatic carbocycles. The highest BCUT2D eigenvalue weighted by Crippen LogP contribution is 2.16. The van der Waals surface area contributed by atoms with Gasteiger partial charge in [0.15, 0.2) is 0 Å². The average Bonchev–Trinajstić information content (AvgIpc) is 2.55. The standard InChI is InChI=1S/C17H15Br2N3O2/c1-11(10-16(23)20-13-8-6-12(18)7-9-13)21-22-17(24)14-4-2-3-5-15(14)19/h2-9H,10H2,1H3,(H,20,23)(H,22,24). The van der Waals surface area contributed by atoms with E-state index in [-0.39, 0.29) is 18.2 Å². The fourth-order valence-corrected chi connectivity index (χ4v) is 2.59. The van der Waals surface area contributed by atoms with Gasteiger partial charge < -0.3 is 5.32 Å². The van der Waals surface area contributed by atoms with Crippen LogP contribution in [-0.2, 0) is 4.79 Å². The lowest BCUT2D eigenvalue weighted by Gasteiger charge is -2.06. The Morgan fingerprint density at radius 2 is 1.71 bits per heavy atom. The van der Waals surface area contributed by atoms with Crippen molar-refractivity contribution >= 4 is 55.1 Å². The number of amides is 2. The molecule has 2 rings (SSSR count). The Kier molecular flexibility index (Phi) is 6.69. The van der Waals surface area contributed by atoms with Crippen molar-refractivity contribution in [3.63, 3.8) is 0 Å². The molecule has 7 heteroatoms. The maximum atomic E-state index is 12.0. The van der Waals surface area contributed by atoms with Gasteiger partial charge in [-0.05, 0) is 59.3 Å². The third kappa shape index (κ3) is 5.58. The maximum Gasteiger partial charge on any atom is 0.272 e. The van der Waals surface area contributed by atoms with Crippen molar-refractivity contribution in [1.29, 1.82) is 0 Å². The molecule has 0 spiro atoms. The van der Waals surface area contributed by atoms with Gasteiger partial charge in [0.2, 0.25) is 5.91 Å². The first-order chi connectivity index (χ1) is 11.5. The molecule has 0 aliphatic rings. The highest BCUT2D eigenvalue weighted by Gasteiger charge is 2.09. The number of halogens is 2. The summed E-state index contributed by atoms with van der Waals surface area (Å²) in [6.07, 6.45) is 0.0896. The van der Waals surface area contributed by atoms with Crippen LogP contribution in [0.3, 0.4) is 0 Å². The van der Waals surface area contributed by atoms with Gasteiger partial charge >= 0.3 is 0 Å². The highest BCUT2D eigenvalue weighted by molar-refractivity contribution is 9.10. The SMILES string of the molecule is CC(CC(=O)Nc1ccc(Br)cc1)=NNC(=O)c1ccccc1Br. The number of hydrogen-bond acceptors (Lipinski definition) is 3. The molecule has 5 nitrogen and oxygen atoms in total. The Morgan fingerprint density at radius 1 is 1.04 bits per heavy atom. The number of hydrazone groups is 1. The van der Waals surface area contributed by atoms with E-state index < -0.39 is 0 Å². The van der Waals surface area contributed by atoms with Crippen LogP contribution < -0.4 is 10.7 Å². The van der Waals surface area contributed by atoms with Crippen LogP contribution in [0.2, 0.25) is 0 Å². The minimum absolute atomic E-state index is 0.0896. The molecule has 2 aromatic rings. The zero-order valence-corrected chi connectivity index (χ0v) is 16.0. The van der Waals surface area contributed by atoms with Crippen LogP contribution in [0, 0.1) is 0 Å². The van der Waals surface area contributed by atoms with Crippen LogP contribution in [0.5, 0.6) is 0 Å². The molecular formula is C17H15Br2N3O2. The molecule has 124 valence electrons. The van der Waals surface area contributed by atoms with Crippen molar-refractivity contribution < 1.29 is 9.59 Å². The van der Waals surface area contributed by atoms with E-state index in [4.69, 9.17) is 0 Å². The summed E-state index contributed by atoms with van der Waals surface area (Å²) in [5.41, 5.74) is 4.14. The predicted molar refractivity (Wildman–Crippen MR) is 102 cm³/mol. The predicted octanol–water partition coefficient (Wildman–Crippen LogP) is 4.35. The Hall–Kier alpha value is -1.99. The number of hydrogen-bond donors (Lipinski definition) is 2. The first kappa shape index (κ1) is 18.4. The topological polar surface area (TPSA) is 70.6 Å². The van der Waals surface area contributed by atoms with Gasteiger partial charge in [-0.2, -0.15) is 5.10 Å². The van der Waals surface area contributed by atoms with E-state index in [0.29, 0.717) is 21.4 Å². The molecule has 0 bridgehead atoms. The van der Waals surface area contributed by atoms with E-state index in [1.165, 1.54) is 0 Å². The van der Waals surface area contributed by atoms with Crippen LogP contribution in [0.4, 0.5) is 5.69 Å². The van der Waals surface area contributed by atoms with E-state index in [2.05, 4.69) is 47.7 Å². The second kappa shape index (κ2) is 8.75. The van der Waals surface area contributed by atoms with Crippen molar-refractivity contribution in [3.8, 4) is 0 Å². The molecule has 0 radical (unpaired) electrons. The average molecular weight is 453 g/mol. The van der Waals surface area contributed by atoms with Crippen LogP contribution in [0.25, 0.3) is 0 Å². The van der Waals surface area contributed by atoms with E-state index >= 15 is 0 Å². The summed E-state index contributed by atoms with van der Waals surface area (Å²) in [4.78, 5) is 24.0. The van der Waals surface area contributed by atoms with Gasteiger partial charge in [-0.1, -0.05) is 28.1 Å². The molecule has 0 atom stereocenters. The first-order valence-corrected chi connectivity index (χ1v) is 8.68. The molecule has 0 unspecified atom stereocenters. The molecule has 24 heavy (non-hydrogen) atoms. The Bertz CT molecular complexity index is 774.